The van der Waals surface area contributed by atoms with E-state index < -0.39 is 5.97 Å². The van der Waals surface area contributed by atoms with Crippen LogP contribution in [0, 0.1) is 0 Å². The Hall–Kier alpha value is -2.73. The molecule has 108 valence electrons. The summed E-state index contributed by atoms with van der Waals surface area (Å²) in [6.07, 6.45) is 0.682. The van der Waals surface area contributed by atoms with Crippen molar-refractivity contribution in [3.8, 4) is 5.75 Å². The summed E-state index contributed by atoms with van der Waals surface area (Å²) in [5.41, 5.74) is 7.42. The van der Waals surface area contributed by atoms with E-state index in [1.54, 1.807) is 24.3 Å². The van der Waals surface area contributed by atoms with Crippen molar-refractivity contribution in [3.63, 3.8) is 0 Å². The number of carboxylic acids is 1. The van der Waals surface area contributed by atoms with Gasteiger partial charge in [0.1, 0.15) is 11.4 Å². The molecule has 0 bridgehead atoms. The van der Waals surface area contributed by atoms with Gasteiger partial charge in [0.2, 0.25) is 0 Å². The first-order valence-electron chi connectivity index (χ1n) is 6.37. The Morgan fingerprint density at radius 1 is 1.10 bits per heavy atom. The van der Waals surface area contributed by atoms with Gasteiger partial charge >= 0.3 is 5.97 Å². The maximum absolute atomic E-state index is 10.7. The number of rotatable bonds is 5. The van der Waals surface area contributed by atoms with Crippen molar-refractivity contribution in [2.24, 2.45) is 16.0 Å². The Kier molecular flexibility index (Phi) is 4.63. The number of hydrogen-bond acceptors (Lipinski definition) is 5. The number of azo groups is 1. The Labute approximate surface area is 121 Å². The Morgan fingerprint density at radius 3 is 2.38 bits per heavy atom. The molecule has 0 unspecified atom stereocenters. The molecule has 0 atom stereocenters. The lowest BCUT2D eigenvalue weighted by Crippen LogP contribution is -2.02. The van der Waals surface area contributed by atoms with E-state index in [-0.39, 0.29) is 11.3 Å². The molecule has 21 heavy (non-hydrogen) atoms. The van der Waals surface area contributed by atoms with Crippen molar-refractivity contribution < 1.29 is 15.0 Å². The predicted molar refractivity (Wildman–Crippen MR) is 78.4 cm³/mol. The maximum atomic E-state index is 10.7. The van der Waals surface area contributed by atoms with Gasteiger partial charge in [-0.05, 0) is 54.9 Å². The van der Waals surface area contributed by atoms with E-state index in [1.807, 2.05) is 6.07 Å². The maximum Gasteiger partial charge on any atom is 0.335 e. The van der Waals surface area contributed by atoms with Crippen molar-refractivity contribution >= 4 is 17.3 Å². The average molecular weight is 285 g/mol. The number of aromatic hydroxyl groups is 1. The van der Waals surface area contributed by atoms with Crippen molar-refractivity contribution in [2.75, 3.05) is 6.54 Å². The molecule has 0 saturated heterocycles. The molecule has 2 rings (SSSR count). The Balaban J connectivity index is 2.15. The van der Waals surface area contributed by atoms with Crippen molar-refractivity contribution in [1.29, 1.82) is 0 Å². The van der Waals surface area contributed by atoms with Crippen LogP contribution in [-0.2, 0) is 6.42 Å². The predicted octanol–water partition coefficient (Wildman–Crippen LogP) is 3.01. The standard InChI is InChI=1S/C15H15N3O3/c16-8-7-10-1-6-13(14(19)9-10)18-17-12-4-2-11(3-5-12)15(20)21/h1-6,9,19H,7-8,16H2,(H,20,21). The lowest BCUT2D eigenvalue weighted by molar-refractivity contribution is 0.0697. The van der Waals surface area contributed by atoms with Gasteiger partial charge in [0.15, 0.2) is 0 Å². The molecular formula is C15H15N3O3. The highest BCUT2D eigenvalue weighted by atomic mass is 16.4. The molecule has 0 aliphatic rings. The second kappa shape index (κ2) is 6.62. The lowest BCUT2D eigenvalue weighted by Gasteiger charge is -2.02. The zero-order valence-corrected chi connectivity index (χ0v) is 11.2. The fourth-order valence-electron chi connectivity index (χ4n) is 1.76. The third-order valence-electron chi connectivity index (χ3n) is 2.86. The van der Waals surface area contributed by atoms with E-state index >= 15 is 0 Å². The molecule has 0 spiro atoms. The quantitative estimate of drug-likeness (QED) is 0.733. The highest BCUT2D eigenvalue weighted by Gasteiger charge is 2.03. The van der Waals surface area contributed by atoms with Gasteiger partial charge < -0.3 is 15.9 Å². The van der Waals surface area contributed by atoms with Crippen LogP contribution in [0.15, 0.2) is 52.7 Å². The van der Waals surface area contributed by atoms with Crippen LogP contribution >= 0.6 is 0 Å². The highest BCUT2D eigenvalue weighted by molar-refractivity contribution is 5.87. The topological polar surface area (TPSA) is 108 Å². The molecule has 2 aromatic carbocycles. The van der Waals surface area contributed by atoms with Crippen molar-refractivity contribution in [1.82, 2.24) is 0 Å². The van der Waals surface area contributed by atoms with Crippen LogP contribution in [-0.4, -0.2) is 22.7 Å². The van der Waals surface area contributed by atoms with E-state index in [2.05, 4.69) is 10.2 Å². The summed E-state index contributed by atoms with van der Waals surface area (Å²) in [6, 6.07) is 11.1. The second-order valence-electron chi connectivity index (χ2n) is 4.41. The number of hydrogen-bond donors (Lipinski definition) is 3. The summed E-state index contributed by atoms with van der Waals surface area (Å²) < 4.78 is 0. The summed E-state index contributed by atoms with van der Waals surface area (Å²) in [4.78, 5) is 10.7. The number of aromatic carboxylic acids is 1. The van der Waals surface area contributed by atoms with Crippen molar-refractivity contribution in [2.45, 2.75) is 6.42 Å². The molecule has 0 aliphatic carbocycles. The van der Waals surface area contributed by atoms with Gasteiger partial charge in [-0.25, -0.2) is 4.79 Å². The molecule has 0 amide bonds. The van der Waals surface area contributed by atoms with E-state index in [9.17, 15) is 9.90 Å². The van der Waals surface area contributed by atoms with E-state index in [0.29, 0.717) is 24.3 Å². The van der Waals surface area contributed by atoms with Crippen LogP contribution in [0.2, 0.25) is 0 Å². The Bertz CT molecular complexity index is 666. The summed E-state index contributed by atoms with van der Waals surface area (Å²) >= 11 is 0. The van der Waals surface area contributed by atoms with Gasteiger partial charge in [0, 0.05) is 0 Å². The first kappa shape index (κ1) is 14.7. The van der Waals surface area contributed by atoms with Gasteiger partial charge in [0.05, 0.1) is 11.3 Å². The minimum atomic E-state index is -0.994. The highest BCUT2D eigenvalue weighted by Crippen LogP contribution is 2.29. The fraction of sp³-hybridized carbons (Fsp3) is 0.133. The molecule has 0 radical (unpaired) electrons. The molecular weight excluding hydrogens is 270 g/mol. The fourth-order valence-corrected chi connectivity index (χ4v) is 1.76. The van der Waals surface area contributed by atoms with E-state index in [1.165, 1.54) is 12.1 Å². The van der Waals surface area contributed by atoms with Crippen molar-refractivity contribution in [3.05, 3.63) is 53.6 Å². The van der Waals surface area contributed by atoms with Crippen LogP contribution in [0.1, 0.15) is 15.9 Å². The summed E-state index contributed by atoms with van der Waals surface area (Å²) in [5.74, 6) is -0.960. The third kappa shape index (κ3) is 3.87. The van der Waals surface area contributed by atoms with Gasteiger partial charge in [-0.3, -0.25) is 0 Å². The van der Waals surface area contributed by atoms with Gasteiger partial charge in [-0.15, -0.1) is 5.11 Å². The van der Waals surface area contributed by atoms with E-state index in [4.69, 9.17) is 10.8 Å². The summed E-state index contributed by atoms with van der Waals surface area (Å²) in [6.45, 7) is 0.510. The van der Waals surface area contributed by atoms with Crippen LogP contribution in [0.4, 0.5) is 11.4 Å². The molecule has 0 saturated carbocycles. The Morgan fingerprint density at radius 2 is 1.81 bits per heavy atom. The number of phenolic OH excluding ortho intramolecular Hbond substituents is 1. The summed E-state index contributed by atoms with van der Waals surface area (Å²) in [7, 11) is 0. The third-order valence-corrected chi connectivity index (χ3v) is 2.86. The minimum Gasteiger partial charge on any atom is -0.506 e. The number of benzene rings is 2. The normalized spacial score (nSPS) is 10.9. The number of nitrogens with two attached hydrogens (primary N) is 1. The molecule has 0 fully saturated rings. The van der Waals surface area contributed by atoms with Crippen LogP contribution in [0.25, 0.3) is 0 Å². The lowest BCUT2D eigenvalue weighted by atomic mass is 10.1. The molecule has 4 N–H and O–H groups in total. The van der Waals surface area contributed by atoms with E-state index in [0.717, 1.165) is 5.56 Å². The SMILES string of the molecule is NCCc1ccc(N=Nc2ccc(C(=O)O)cc2)c(O)c1. The van der Waals surface area contributed by atoms with Crippen LogP contribution < -0.4 is 5.73 Å². The zero-order chi connectivity index (χ0) is 15.2. The summed E-state index contributed by atoms with van der Waals surface area (Å²) in [5, 5.41) is 26.5. The molecule has 2 aromatic rings. The molecule has 0 aromatic heterocycles. The average Bonchev–Trinajstić information content (AvgIpc) is 2.47. The smallest absolute Gasteiger partial charge is 0.335 e. The zero-order valence-electron chi connectivity index (χ0n) is 11.2. The largest absolute Gasteiger partial charge is 0.506 e. The van der Waals surface area contributed by atoms with Crippen LogP contribution in [0.5, 0.6) is 5.75 Å². The first-order valence-corrected chi connectivity index (χ1v) is 6.37. The number of phenols is 1. The monoisotopic (exact) mass is 285 g/mol. The van der Waals surface area contributed by atoms with Crippen LogP contribution in [0.3, 0.4) is 0 Å². The van der Waals surface area contributed by atoms with Gasteiger partial charge in [-0.2, -0.15) is 5.11 Å². The number of nitrogens with zero attached hydrogens (tertiary/aromatic N) is 2. The first-order chi connectivity index (χ1) is 10.1. The molecule has 6 nitrogen and oxygen atoms in total. The molecule has 6 heteroatoms. The van der Waals surface area contributed by atoms with Gasteiger partial charge in [-0.1, -0.05) is 6.07 Å². The molecule has 0 aliphatic heterocycles. The number of carboxylic acid groups (broad SMARTS) is 1. The van der Waals surface area contributed by atoms with Gasteiger partial charge in [0.25, 0.3) is 0 Å². The number of carbonyl (C=O) groups is 1. The minimum absolute atomic E-state index is 0.0341. The molecule has 0 heterocycles. The second-order valence-corrected chi connectivity index (χ2v) is 4.41.